The number of pyridine rings is 1. The Morgan fingerprint density at radius 1 is 1.32 bits per heavy atom. The van der Waals surface area contributed by atoms with E-state index >= 15 is 0 Å². The van der Waals surface area contributed by atoms with Gasteiger partial charge in [0.05, 0.1) is 11.1 Å². The molecule has 2 aromatic rings. The van der Waals surface area contributed by atoms with Crippen molar-refractivity contribution in [2.45, 2.75) is 63.2 Å². The van der Waals surface area contributed by atoms with E-state index in [1.54, 1.807) is 22.9 Å². The first-order chi connectivity index (χ1) is 12.2. The summed E-state index contributed by atoms with van der Waals surface area (Å²) < 4.78 is 1.60. The third-order valence-corrected chi connectivity index (χ3v) is 5.54. The minimum Gasteiger partial charge on any atom is -0.353 e. The second kappa shape index (κ2) is 8.47. The molecule has 6 nitrogen and oxygen atoms in total. The SMILES string of the molecule is CCn1c(SCC(=O)NC2CCCCCC2)nc2ncccc2c1=O. The highest BCUT2D eigenvalue weighted by atomic mass is 32.2. The fourth-order valence-electron chi connectivity index (χ4n) is 3.25. The summed E-state index contributed by atoms with van der Waals surface area (Å²) >= 11 is 1.30. The summed E-state index contributed by atoms with van der Waals surface area (Å²) in [5.74, 6) is 0.274. The molecule has 1 saturated carbocycles. The van der Waals surface area contributed by atoms with Crippen LogP contribution in [0.25, 0.3) is 11.0 Å². The average molecular weight is 360 g/mol. The Kier molecular flexibility index (Phi) is 6.07. The molecular weight excluding hydrogens is 336 g/mol. The maximum Gasteiger partial charge on any atom is 0.263 e. The van der Waals surface area contributed by atoms with Crippen LogP contribution in [0.1, 0.15) is 45.4 Å². The van der Waals surface area contributed by atoms with Crippen molar-refractivity contribution in [1.82, 2.24) is 19.9 Å². The number of fused-ring (bicyclic) bond motifs is 1. The Bertz CT molecular complexity index is 797. The number of nitrogens with one attached hydrogen (secondary N) is 1. The average Bonchev–Trinajstić information content (AvgIpc) is 2.89. The van der Waals surface area contributed by atoms with Crippen LogP contribution in [0.4, 0.5) is 0 Å². The van der Waals surface area contributed by atoms with Gasteiger partial charge in [0.25, 0.3) is 5.56 Å². The molecule has 1 fully saturated rings. The van der Waals surface area contributed by atoms with Gasteiger partial charge in [-0.05, 0) is 31.9 Å². The normalized spacial score (nSPS) is 15.9. The van der Waals surface area contributed by atoms with E-state index in [1.807, 2.05) is 6.92 Å². The molecule has 0 radical (unpaired) electrons. The third-order valence-electron chi connectivity index (χ3n) is 4.56. The minimum absolute atomic E-state index is 0.00919. The molecule has 0 unspecified atom stereocenters. The van der Waals surface area contributed by atoms with Crippen LogP contribution in [0.3, 0.4) is 0 Å². The van der Waals surface area contributed by atoms with Crippen LogP contribution in [0.15, 0.2) is 28.3 Å². The number of carbonyl (C=O) groups excluding carboxylic acids is 1. The molecule has 0 aliphatic heterocycles. The zero-order chi connectivity index (χ0) is 17.6. The van der Waals surface area contributed by atoms with Crippen LogP contribution in [-0.4, -0.2) is 32.2 Å². The lowest BCUT2D eigenvalue weighted by atomic mass is 10.1. The second-order valence-electron chi connectivity index (χ2n) is 6.36. The van der Waals surface area contributed by atoms with Crippen LogP contribution < -0.4 is 10.9 Å². The van der Waals surface area contributed by atoms with Gasteiger partial charge in [0.2, 0.25) is 5.91 Å². The molecule has 1 amide bonds. The Balaban J connectivity index is 1.69. The molecule has 2 aromatic heterocycles. The van der Waals surface area contributed by atoms with E-state index in [0.29, 0.717) is 22.7 Å². The molecule has 0 bridgehead atoms. The van der Waals surface area contributed by atoms with Gasteiger partial charge in [0, 0.05) is 18.8 Å². The van der Waals surface area contributed by atoms with Crippen molar-refractivity contribution in [3.05, 3.63) is 28.7 Å². The molecular formula is C18H24N4O2S. The summed E-state index contributed by atoms with van der Waals surface area (Å²) in [6, 6.07) is 3.75. The van der Waals surface area contributed by atoms with Gasteiger partial charge >= 0.3 is 0 Å². The summed E-state index contributed by atoms with van der Waals surface area (Å²) in [4.78, 5) is 33.5. The quantitative estimate of drug-likeness (QED) is 0.504. The zero-order valence-corrected chi connectivity index (χ0v) is 15.3. The molecule has 1 N–H and O–H groups in total. The van der Waals surface area contributed by atoms with Crippen molar-refractivity contribution >= 4 is 28.7 Å². The first-order valence-electron chi connectivity index (χ1n) is 8.96. The van der Waals surface area contributed by atoms with E-state index in [9.17, 15) is 9.59 Å². The fourth-order valence-corrected chi connectivity index (χ4v) is 4.11. The molecule has 3 rings (SSSR count). The van der Waals surface area contributed by atoms with Crippen molar-refractivity contribution in [3.63, 3.8) is 0 Å². The summed E-state index contributed by atoms with van der Waals surface area (Å²) in [5, 5.41) is 4.19. The van der Waals surface area contributed by atoms with Crippen LogP contribution in [0, 0.1) is 0 Å². The van der Waals surface area contributed by atoms with E-state index in [2.05, 4.69) is 15.3 Å². The van der Waals surface area contributed by atoms with Gasteiger partial charge < -0.3 is 5.32 Å². The molecule has 25 heavy (non-hydrogen) atoms. The lowest BCUT2D eigenvalue weighted by Gasteiger charge is -2.16. The first-order valence-corrected chi connectivity index (χ1v) is 9.95. The van der Waals surface area contributed by atoms with Gasteiger partial charge in [-0.15, -0.1) is 0 Å². The van der Waals surface area contributed by atoms with Gasteiger partial charge in [-0.1, -0.05) is 37.4 Å². The molecule has 1 aliphatic rings. The standard InChI is InChI=1S/C18H24N4O2S/c1-2-22-17(24)14-10-7-11-19-16(14)21-18(22)25-12-15(23)20-13-8-5-3-4-6-9-13/h7,10-11,13H,2-6,8-9,12H2,1H3,(H,20,23). The molecule has 0 spiro atoms. The predicted molar refractivity (Wildman–Crippen MR) is 99.8 cm³/mol. The number of carbonyl (C=O) groups is 1. The van der Waals surface area contributed by atoms with Gasteiger partial charge in [-0.2, -0.15) is 0 Å². The van der Waals surface area contributed by atoms with Gasteiger partial charge in [0.15, 0.2) is 10.8 Å². The van der Waals surface area contributed by atoms with Crippen molar-refractivity contribution < 1.29 is 4.79 Å². The number of amides is 1. The smallest absolute Gasteiger partial charge is 0.263 e. The molecule has 0 atom stereocenters. The molecule has 0 aromatic carbocycles. The molecule has 1 aliphatic carbocycles. The summed E-state index contributed by atoms with van der Waals surface area (Å²) in [7, 11) is 0. The summed E-state index contributed by atoms with van der Waals surface area (Å²) in [6.45, 7) is 2.42. The Labute approximate surface area is 151 Å². The van der Waals surface area contributed by atoms with E-state index < -0.39 is 0 Å². The summed E-state index contributed by atoms with van der Waals surface area (Å²) in [5.41, 5.74) is 0.330. The molecule has 0 saturated heterocycles. The first kappa shape index (κ1) is 17.9. The van der Waals surface area contributed by atoms with Crippen molar-refractivity contribution in [3.8, 4) is 0 Å². The zero-order valence-electron chi connectivity index (χ0n) is 14.5. The van der Waals surface area contributed by atoms with Crippen molar-refractivity contribution in [2.24, 2.45) is 0 Å². The largest absolute Gasteiger partial charge is 0.353 e. The van der Waals surface area contributed by atoms with Crippen LogP contribution in [-0.2, 0) is 11.3 Å². The number of aromatic nitrogens is 3. The Morgan fingerprint density at radius 3 is 2.80 bits per heavy atom. The second-order valence-corrected chi connectivity index (χ2v) is 7.31. The number of thioether (sulfide) groups is 1. The van der Waals surface area contributed by atoms with E-state index in [0.717, 1.165) is 12.8 Å². The maximum atomic E-state index is 12.5. The van der Waals surface area contributed by atoms with Crippen LogP contribution in [0.2, 0.25) is 0 Å². The van der Waals surface area contributed by atoms with Crippen molar-refractivity contribution in [1.29, 1.82) is 0 Å². The van der Waals surface area contributed by atoms with E-state index in [-0.39, 0.29) is 23.3 Å². The number of hydrogen-bond acceptors (Lipinski definition) is 5. The fraction of sp³-hybridized carbons (Fsp3) is 0.556. The number of rotatable bonds is 5. The Morgan fingerprint density at radius 2 is 2.08 bits per heavy atom. The third kappa shape index (κ3) is 4.39. The maximum absolute atomic E-state index is 12.5. The van der Waals surface area contributed by atoms with Gasteiger partial charge in [0.1, 0.15) is 0 Å². The highest BCUT2D eigenvalue weighted by molar-refractivity contribution is 7.99. The van der Waals surface area contributed by atoms with Gasteiger partial charge in [-0.25, -0.2) is 9.97 Å². The monoisotopic (exact) mass is 360 g/mol. The topological polar surface area (TPSA) is 76.9 Å². The molecule has 2 heterocycles. The number of hydrogen-bond donors (Lipinski definition) is 1. The number of nitrogens with zero attached hydrogens (tertiary/aromatic N) is 3. The lowest BCUT2D eigenvalue weighted by Crippen LogP contribution is -2.35. The minimum atomic E-state index is -0.104. The van der Waals surface area contributed by atoms with Crippen LogP contribution in [0.5, 0.6) is 0 Å². The van der Waals surface area contributed by atoms with E-state index in [1.165, 1.54) is 37.4 Å². The van der Waals surface area contributed by atoms with Crippen molar-refractivity contribution in [2.75, 3.05) is 5.75 Å². The molecule has 7 heteroatoms. The predicted octanol–water partition coefficient (Wildman–Crippen LogP) is 2.74. The Hall–Kier alpha value is -1.89. The van der Waals surface area contributed by atoms with Gasteiger partial charge in [-0.3, -0.25) is 14.2 Å². The molecule has 134 valence electrons. The summed E-state index contributed by atoms with van der Waals surface area (Å²) in [6.07, 6.45) is 8.65. The highest BCUT2D eigenvalue weighted by Gasteiger charge is 2.16. The van der Waals surface area contributed by atoms with Crippen LogP contribution >= 0.6 is 11.8 Å². The lowest BCUT2D eigenvalue weighted by molar-refractivity contribution is -0.119. The van der Waals surface area contributed by atoms with E-state index in [4.69, 9.17) is 0 Å². The highest BCUT2D eigenvalue weighted by Crippen LogP contribution is 2.19.